The van der Waals surface area contributed by atoms with Crippen molar-refractivity contribution < 1.29 is 24.5 Å². The van der Waals surface area contributed by atoms with E-state index in [9.17, 15) is 14.7 Å². The summed E-state index contributed by atoms with van der Waals surface area (Å²) in [4.78, 5) is 24.6. The first-order valence-electron chi connectivity index (χ1n) is 8.05. The lowest BCUT2D eigenvalue weighted by atomic mass is 9.85. The van der Waals surface area contributed by atoms with Crippen molar-refractivity contribution in [3.05, 3.63) is 0 Å². The van der Waals surface area contributed by atoms with Crippen LogP contribution in [0.4, 0.5) is 4.79 Å². The van der Waals surface area contributed by atoms with Gasteiger partial charge in [-0.25, -0.2) is 4.79 Å². The second-order valence-electron chi connectivity index (χ2n) is 7.79. The number of carboxylic acid groups (broad SMARTS) is 1. The van der Waals surface area contributed by atoms with Crippen molar-refractivity contribution in [3.8, 4) is 0 Å². The number of amides is 1. The number of carboxylic acids is 1. The fraction of sp³-hybridized carbons (Fsp3) is 0.875. The second-order valence-corrected chi connectivity index (χ2v) is 7.79. The Hall–Kier alpha value is -1.34. The summed E-state index contributed by atoms with van der Waals surface area (Å²) < 4.78 is 5.29. The highest BCUT2D eigenvalue weighted by molar-refractivity contribution is 5.73. The summed E-state index contributed by atoms with van der Waals surface area (Å²) in [7, 11) is 0. The molecule has 7 nitrogen and oxygen atoms in total. The normalized spacial score (nSPS) is 19.7. The molecule has 0 saturated carbocycles. The Balaban J connectivity index is 2.63. The first-order valence-corrected chi connectivity index (χ1v) is 8.05. The van der Waals surface area contributed by atoms with Crippen LogP contribution in [0, 0.1) is 0 Å². The standard InChI is InChI=1S/C16H30N2O5/c1-6-7-15(5,22)9-17-16(8-12(19)20)10-18(11-16)13(21)23-14(2,3)4/h17,22H,6-11H2,1-5H3,(H,19,20). The summed E-state index contributed by atoms with van der Waals surface area (Å²) in [6.07, 6.45) is 0.915. The molecule has 0 aromatic carbocycles. The van der Waals surface area contributed by atoms with E-state index in [4.69, 9.17) is 9.84 Å². The van der Waals surface area contributed by atoms with Crippen LogP contribution in [0.3, 0.4) is 0 Å². The zero-order valence-electron chi connectivity index (χ0n) is 14.8. The molecule has 0 spiro atoms. The van der Waals surface area contributed by atoms with Gasteiger partial charge in [-0.05, 0) is 34.1 Å². The van der Waals surface area contributed by atoms with Crippen molar-refractivity contribution in [1.82, 2.24) is 10.2 Å². The maximum atomic E-state index is 12.0. The summed E-state index contributed by atoms with van der Waals surface area (Å²) in [6, 6.07) is 0. The summed E-state index contributed by atoms with van der Waals surface area (Å²) in [5.74, 6) is -0.934. The molecule has 1 aliphatic rings. The molecule has 3 N–H and O–H groups in total. The van der Waals surface area contributed by atoms with Crippen LogP contribution in [0.1, 0.15) is 53.9 Å². The van der Waals surface area contributed by atoms with Crippen LogP contribution in [-0.4, -0.2) is 63.6 Å². The number of likely N-dealkylation sites (tertiary alicyclic amines) is 1. The number of aliphatic carboxylic acids is 1. The molecular formula is C16H30N2O5. The number of ether oxygens (including phenoxy) is 1. The van der Waals surface area contributed by atoms with Crippen molar-refractivity contribution in [2.45, 2.75) is 70.6 Å². The number of carbonyl (C=O) groups is 2. The van der Waals surface area contributed by atoms with E-state index in [1.165, 1.54) is 4.90 Å². The van der Waals surface area contributed by atoms with E-state index in [1.54, 1.807) is 27.7 Å². The molecule has 0 aliphatic carbocycles. The predicted octanol–water partition coefficient (Wildman–Crippen LogP) is 1.59. The molecule has 1 fully saturated rings. The highest BCUT2D eigenvalue weighted by Gasteiger charge is 2.48. The Morgan fingerprint density at radius 2 is 1.83 bits per heavy atom. The maximum Gasteiger partial charge on any atom is 0.410 e. The number of hydrogen-bond acceptors (Lipinski definition) is 5. The Bertz CT molecular complexity index is 436. The van der Waals surface area contributed by atoms with Gasteiger partial charge < -0.3 is 25.2 Å². The Morgan fingerprint density at radius 3 is 2.26 bits per heavy atom. The Kier molecular flexibility index (Phi) is 6.04. The topological polar surface area (TPSA) is 99.1 Å². The van der Waals surface area contributed by atoms with Crippen LogP contribution in [0.2, 0.25) is 0 Å². The minimum absolute atomic E-state index is 0.103. The van der Waals surface area contributed by atoms with Crippen LogP contribution < -0.4 is 5.32 Å². The van der Waals surface area contributed by atoms with E-state index in [1.807, 2.05) is 6.92 Å². The zero-order valence-corrected chi connectivity index (χ0v) is 14.8. The molecule has 0 radical (unpaired) electrons. The highest BCUT2D eigenvalue weighted by atomic mass is 16.6. The third-order valence-corrected chi connectivity index (χ3v) is 3.76. The van der Waals surface area contributed by atoms with Gasteiger partial charge in [0.05, 0.1) is 17.6 Å². The third-order valence-electron chi connectivity index (χ3n) is 3.76. The average Bonchev–Trinajstić information content (AvgIpc) is 2.28. The molecule has 1 amide bonds. The van der Waals surface area contributed by atoms with Crippen LogP contribution in [0.25, 0.3) is 0 Å². The molecule has 134 valence electrons. The quantitative estimate of drug-likeness (QED) is 0.655. The summed E-state index contributed by atoms with van der Waals surface area (Å²) in [5.41, 5.74) is -2.19. The number of β-amino-alcohol motifs (C(OH)–C–C–N with tert-alkyl or cyclic N) is 1. The van der Waals surface area contributed by atoms with E-state index in [-0.39, 0.29) is 26.1 Å². The largest absolute Gasteiger partial charge is 0.481 e. The van der Waals surface area contributed by atoms with E-state index in [2.05, 4.69) is 5.32 Å². The number of rotatable bonds is 7. The van der Waals surface area contributed by atoms with Gasteiger partial charge in [0.15, 0.2) is 0 Å². The number of hydrogen-bond donors (Lipinski definition) is 3. The van der Waals surface area contributed by atoms with Gasteiger partial charge in [-0.2, -0.15) is 0 Å². The number of nitrogens with one attached hydrogen (secondary N) is 1. The molecule has 1 rings (SSSR count). The molecule has 23 heavy (non-hydrogen) atoms. The van der Waals surface area contributed by atoms with Gasteiger partial charge >= 0.3 is 12.1 Å². The lowest BCUT2D eigenvalue weighted by molar-refractivity contribution is -0.141. The Labute approximate surface area is 138 Å². The molecule has 1 unspecified atom stereocenters. The SMILES string of the molecule is CCCC(C)(O)CNC1(CC(=O)O)CN(C(=O)OC(C)(C)C)C1. The van der Waals surface area contributed by atoms with Gasteiger partial charge in [0, 0.05) is 19.6 Å². The first kappa shape index (κ1) is 19.7. The fourth-order valence-electron chi connectivity index (χ4n) is 2.72. The summed E-state index contributed by atoms with van der Waals surface area (Å²) in [5, 5.41) is 22.5. The van der Waals surface area contributed by atoms with Crippen LogP contribution in [0.15, 0.2) is 0 Å². The van der Waals surface area contributed by atoms with Gasteiger partial charge in [0.25, 0.3) is 0 Å². The maximum absolute atomic E-state index is 12.0. The minimum atomic E-state index is -0.934. The molecule has 0 aromatic rings. The lowest BCUT2D eigenvalue weighted by Gasteiger charge is -2.50. The van der Waals surface area contributed by atoms with Crippen LogP contribution >= 0.6 is 0 Å². The molecule has 1 aliphatic heterocycles. The van der Waals surface area contributed by atoms with Gasteiger partial charge in [-0.3, -0.25) is 4.79 Å². The molecule has 0 bridgehead atoms. The second kappa shape index (κ2) is 7.05. The van der Waals surface area contributed by atoms with E-state index < -0.39 is 28.8 Å². The Morgan fingerprint density at radius 1 is 1.26 bits per heavy atom. The minimum Gasteiger partial charge on any atom is -0.481 e. The number of aliphatic hydroxyl groups is 1. The van der Waals surface area contributed by atoms with Gasteiger partial charge in [0.2, 0.25) is 0 Å². The highest BCUT2D eigenvalue weighted by Crippen LogP contribution is 2.27. The number of nitrogens with zero attached hydrogens (tertiary/aromatic N) is 1. The first-order chi connectivity index (χ1) is 10.4. The zero-order chi connectivity index (χ0) is 17.9. The molecular weight excluding hydrogens is 300 g/mol. The van der Waals surface area contributed by atoms with Crippen molar-refractivity contribution in [2.75, 3.05) is 19.6 Å². The van der Waals surface area contributed by atoms with Crippen LogP contribution in [-0.2, 0) is 9.53 Å². The van der Waals surface area contributed by atoms with Crippen LogP contribution in [0.5, 0.6) is 0 Å². The van der Waals surface area contributed by atoms with E-state index in [0.717, 1.165) is 6.42 Å². The molecule has 7 heteroatoms. The monoisotopic (exact) mass is 330 g/mol. The van der Waals surface area contributed by atoms with Gasteiger partial charge in [-0.1, -0.05) is 13.3 Å². The van der Waals surface area contributed by atoms with Gasteiger partial charge in [-0.15, -0.1) is 0 Å². The molecule has 1 heterocycles. The van der Waals surface area contributed by atoms with E-state index >= 15 is 0 Å². The lowest BCUT2D eigenvalue weighted by Crippen LogP contribution is -2.72. The summed E-state index contributed by atoms with van der Waals surface area (Å²) in [6.45, 7) is 9.88. The third kappa shape index (κ3) is 6.35. The average molecular weight is 330 g/mol. The van der Waals surface area contributed by atoms with Crippen molar-refractivity contribution in [1.29, 1.82) is 0 Å². The smallest absolute Gasteiger partial charge is 0.410 e. The summed E-state index contributed by atoms with van der Waals surface area (Å²) >= 11 is 0. The fourth-order valence-corrected chi connectivity index (χ4v) is 2.72. The molecule has 1 saturated heterocycles. The molecule has 1 atom stereocenters. The van der Waals surface area contributed by atoms with Crippen molar-refractivity contribution in [2.24, 2.45) is 0 Å². The van der Waals surface area contributed by atoms with Gasteiger partial charge in [0.1, 0.15) is 5.60 Å². The van der Waals surface area contributed by atoms with Crippen molar-refractivity contribution >= 4 is 12.1 Å². The van der Waals surface area contributed by atoms with E-state index in [0.29, 0.717) is 6.42 Å². The molecule has 0 aromatic heterocycles. The predicted molar refractivity (Wildman–Crippen MR) is 86.3 cm³/mol. The number of carbonyl (C=O) groups excluding carboxylic acids is 1. The van der Waals surface area contributed by atoms with Crippen molar-refractivity contribution in [3.63, 3.8) is 0 Å².